The van der Waals surface area contributed by atoms with Crippen LogP contribution in [0, 0.1) is 5.92 Å². The second-order valence-corrected chi connectivity index (χ2v) is 4.51. The summed E-state index contributed by atoms with van der Waals surface area (Å²) in [5.74, 6) is -1.64. The Balaban J connectivity index is 4.86. The predicted octanol–water partition coefficient (Wildman–Crippen LogP) is 2.21. The van der Waals surface area contributed by atoms with E-state index in [2.05, 4.69) is 22.6 Å². The van der Waals surface area contributed by atoms with Gasteiger partial charge >= 0.3 is 11.9 Å². The Morgan fingerprint density at radius 1 is 0.950 bits per heavy atom. The minimum Gasteiger partial charge on any atom is -0.466 e. The summed E-state index contributed by atoms with van der Waals surface area (Å²) in [6.07, 6.45) is 1.39. The maximum absolute atomic E-state index is 12.0. The highest BCUT2D eigenvalue weighted by Crippen LogP contribution is 2.22. The number of rotatable bonds is 9. The quantitative estimate of drug-likeness (QED) is 0.479. The molecule has 0 saturated heterocycles. The molecule has 0 fully saturated rings. The molecule has 0 N–H and O–H groups in total. The van der Waals surface area contributed by atoms with Crippen LogP contribution in [0.25, 0.3) is 0 Å². The second-order valence-electron chi connectivity index (χ2n) is 4.51. The van der Waals surface area contributed by atoms with Gasteiger partial charge in [0.1, 0.15) is 5.78 Å². The summed E-state index contributed by atoms with van der Waals surface area (Å²) in [5, 5.41) is 0. The molecule has 0 rings (SSSR count). The molecule has 0 aliphatic rings. The highest BCUT2D eigenvalue weighted by molar-refractivity contribution is 5.91. The third kappa shape index (κ3) is 5.82. The number of carbonyl (C=O) groups is 3. The van der Waals surface area contributed by atoms with Crippen molar-refractivity contribution in [3.63, 3.8) is 0 Å². The van der Waals surface area contributed by atoms with Crippen molar-refractivity contribution in [2.75, 3.05) is 14.2 Å². The Morgan fingerprint density at radius 3 is 1.65 bits per heavy atom. The van der Waals surface area contributed by atoms with E-state index >= 15 is 0 Å². The van der Waals surface area contributed by atoms with Gasteiger partial charge in [0.15, 0.2) is 0 Å². The van der Waals surface area contributed by atoms with Gasteiger partial charge in [-0.25, -0.2) is 9.59 Å². The first-order chi connectivity index (χ1) is 9.37. The summed E-state index contributed by atoms with van der Waals surface area (Å²) >= 11 is 0. The Kier molecular flexibility index (Phi) is 8.20. The highest BCUT2D eigenvalue weighted by Gasteiger charge is 2.24. The zero-order valence-corrected chi connectivity index (χ0v) is 12.4. The van der Waals surface area contributed by atoms with E-state index < -0.39 is 17.9 Å². The van der Waals surface area contributed by atoms with Crippen LogP contribution in [0.3, 0.4) is 0 Å². The topological polar surface area (TPSA) is 69.7 Å². The van der Waals surface area contributed by atoms with Crippen molar-refractivity contribution in [1.82, 2.24) is 0 Å². The van der Waals surface area contributed by atoms with Gasteiger partial charge in [0, 0.05) is 23.5 Å². The van der Waals surface area contributed by atoms with Crippen LogP contribution in [0.1, 0.15) is 32.6 Å². The second kappa shape index (κ2) is 9.07. The van der Waals surface area contributed by atoms with Gasteiger partial charge in [-0.05, 0) is 19.3 Å². The van der Waals surface area contributed by atoms with Crippen LogP contribution in [-0.4, -0.2) is 31.9 Å². The maximum atomic E-state index is 12.0. The fraction of sp³-hybridized carbons (Fsp3) is 0.533. The largest absolute Gasteiger partial charge is 0.466 e. The average Bonchev–Trinajstić information content (AvgIpc) is 2.44. The van der Waals surface area contributed by atoms with E-state index in [1.165, 1.54) is 14.2 Å². The zero-order chi connectivity index (χ0) is 15.7. The van der Waals surface area contributed by atoms with E-state index in [0.29, 0.717) is 12.8 Å². The van der Waals surface area contributed by atoms with Crippen molar-refractivity contribution in [3.8, 4) is 0 Å². The number of ketones is 1. The van der Waals surface area contributed by atoms with Crippen molar-refractivity contribution in [2.24, 2.45) is 5.92 Å². The number of hydrogen-bond donors (Lipinski definition) is 0. The first kappa shape index (κ1) is 18.1. The lowest BCUT2D eigenvalue weighted by molar-refractivity contribution is -0.136. The van der Waals surface area contributed by atoms with Crippen LogP contribution in [0.4, 0.5) is 0 Å². The lowest BCUT2D eigenvalue weighted by atomic mass is 9.88. The first-order valence-electron chi connectivity index (χ1n) is 6.42. The van der Waals surface area contributed by atoms with Gasteiger partial charge in [-0.1, -0.05) is 20.1 Å². The molecule has 0 atom stereocenters. The molecule has 0 aliphatic heterocycles. The van der Waals surface area contributed by atoms with Gasteiger partial charge in [-0.3, -0.25) is 4.79 Å². The van der Waals surface area contributed by atoms with E-state index in [1.807, 2.05) is 6.92 Å². The maximum Gasteiger partial charge on any atom is 0.333 e. The Labute approximate surface area is 119 Å². The third-order valence-corrected chi connectivity index (χ3v) is 2.89. The lowest BCUT2D eigenvalue weighted by Gasteiger charge is -2.16. The highest BCUT2D eigenvalue weighted by atomic mass is 16.5. The average molecular weight is 282 g/mol. The standard InChI is InChI=1S/C15H22O5/c1-6-7-13(16)12(8-10(2)14(17)19-4)9-11(3)15(18)20-5/h12H,2-3,6-9H2,1,4-5H3. The summed E-state index contributed by atoms with van der Waals surface area (Å²) in [7, 11) is 2.51. The molecule has 112 valence electrons. The molecule has 5 nitrogen and oxygen atoms in total. The van der Waals surface area contributed by atoms with Crippen molar-refractivity contribution in [3.05, 3.63) is 24.3 Å². The fourth-order valence-corrected chi connectivity index (χ4v) is 1.80. The van der Waals surface area contributed by atoms with Crippen LogP contribution in [0.2, 0.25) is 0 Å². The molecular weight excluding hydrogens is 260 g/mol. The van der Waals surface area contributed by atoms with E-state index in [9.17, 15) is 14.4 Å². The zero-order valence-electron chi connectivity index (χ0n) is 12.4. The number of Topliss-reactive ketones (excluding diaryl/α,β-unsaturated/α-hetero) is 1. The van der Waals surface area contributed by atoms with Crippen LogP contribution in [0.5, 0.6) is 0 Å². The molecule has 0 aromatic heterocycles. The van der Waals surface area contributed by atoms with Gasteiger partial charge < -0.3 is 9.47 Å². The van der Waals surface area contributed by atoms with Crippen LogP contribution in [-0.2, 0) is 23.9 Å². The molecule has 0 aromatic rings. The monoisotopic (exact) mass is 282 g/mol. The van der Waals surface area contributed by atoms with E-state index in [0.717, 1.165) is 0 Å². The van der Waals surface area contributed by atoms with Crippen LogP contribution in [0.15, 0.2) is 24.3 Å². The first-order valence-corrected chi connectivity index (χ1v) is 6.42. The number of ether oxygens (including phenoxy) is 2. The van der Waals surface area contributed by atoms with Crippen molar-refractivity contribution in [2.45, 2.75) is 32.6 Å². The minimum atomic E-state index is -0.553. The molecule has 0 unspecified atom stereocenters. The Morgan fingerprint density at radius 2 is 1.35 bits per heavy atom. The van der Waals surface area contributed by atoms with E-state index in [-0.39, 0.29) is 29.8 Å². The molecule has 0 aromatic carbocycles. The molecule has 0 bridgehead atoms. The summed E-state index contributed by atoms with van der Waals surface area (Å²) < 4.78 is 9.12. The van der Waals surface area contributed by atoms with Crippen molar-refractivity contribution < 1.29 is 23.9 Å². The third-order valence-electron chi connectivity index (χ3n) is 2.89. The minimum absolute atomic E-state index is 0.0254. The summed E-state index contributed by atoms with van der Waals surface area (Å²) in [6.45, 7) is 9.10. The molecule has 0 aliphatic carbocycles. The fourth-order valence-electron chi connectivity index (χ4n) is 1.80. The summed E-state index contributed by atoms with van der Waals surface area (Å²) in [4.78, 5) is 34.8. The van der Waals surface area contributed by atoms with Gasteiger partial charge in [0.2, 0.25) is 0 Å². The number of methoxy groups -OCH3 is 2. The molecular formula is C15H22O5. The molecule has 0 amide bonds. The molecule has 0 saturated carbocycles. The lowest BCUT2D eigenvalue weighted by Crippen LogP contribution is -2.20. The van der Waals surface area contributed by atoms with Crippen LogP contribution < -0.4 is 0 Å². The van der Waals surface area contributed by atoms with Gasteiger partial charge in [0.25, 0.3) is 0 Å². The van der Waals surface area contributed by atoms with Gasteiger partial charge in [-0.15, -0.1) is 0 Å². The number of hydrogen-bond acceptors (Lipinski definition) is 5. The number of esters is 2. The molecule has 20 heavy (non-hydrogen) atoms. The molecule has 0 spiro atoms. The molecule has 5 heteroatoms. The van der Waals surface area contributed by atoms with E-state index in [4.69, 9.17) is 0 Å². The summed E-state index contributed by atoms with van der Waals surface area (Å²) in [6, 6.07) is 0. The SMILES string of the molecule is C=C(CC(CC(=C)C(=O)OC)C(=O)CCC)C(=O)OC. The summed E-state index contributed by atoms with van der Waals surface area (Å²) in [5.41, 5.74) is 0.416. The smallest absolute Gasteiger partial charge is 0.333 e. The molecule has 0 heterocycles. The Bertz CT molecular complexity index is 378. The van der Waals surface area contributed by atoms with E-state index in [1.54, 1.807) is 0 Å². The van der Waals surface area contributed by atoms with Gasteiger partial charge in [-0.2, -0.15) is 0 Å². The molecule has 0 radical (unpaired) electrons. The Hall–Kier alpha value is -1.91. The normalized spacial score (nSPS) is 10.0. The number of carbonyl (C=O) groups excluding carboxylic acids is 3. The predicted molar refractivity (Wildman–Crippen MR) is 75.0 cm³/mol. The van der Waals surface area contributed by atoms with Crippen molar-refractivity contribution in [1.29, 1.82) is 0 Å². The van der Waals surface area contributed by atoms with Gasteiger partial charge in [0.05, 0.1) is 14.2 Å². The van der Waals surface area contributed by atoms with Crippen LogP contribution >= 0.6 is 0 Å². The van der Waals surface area contributed by atoms with Crippen molar-refractivity contribution >= 4 is 17.7 Å².